The van der Waals surface area contributed by atoms with E-state index in [1.54, 1.807) is 24.3 Å². The molecule has 0 aliphatic heterocycles. The molecule has 0 atom stereocenters. The van der Waals surface area contributed by atoms with Crippen LogP contribution in [0.25, 0.3) is 22.3 Å². The number of rotatable bonds is 6. The summed E-state index contributed by atoms with van der Waals surface area (Å²) in [6.45, 7) is 0.859. The van der Waals surface area contributed by atoms with E-state index in [2.05, 4.69) is 36.4 Å². The predicted molar refractivity (Wildman–Crippen MR) is 105 cm³/mol. The Kier molecular flexibility index (Phi) is 5.53. The van der Waals surface area contributed by atoms with Crippen molar-refractivity contribution in [3.05, 3.63) is 34.8 Å². The van der Waals surface area contributed by atoms with Crippen LogP contribution in [0.3, 0.4) is 0 Å². The maximum Gasteiger partial charge on any atom is 0.225 e. The maximum absolute atomic E-state index is 12.1. The zero-order valence-electron chi connectivity index (χ0n) is 14.6. The third-order valence-corrected chi connectivity index (χ3v) is 4.52. The summed E-state index contributed by atoms with van der Waals surface area (Å²) in [5.74, 6) is 0.603. The van der Waals surface area contributed by atoms with Crippen LogP contribution in [-0.2, 0) is 4.79 Å². The number of aromatic amines is 1. The molecule has 7 nitrogen and oxygen atoms in total. The summed E-state index contributed by atoms with van der Waals surface area (Å²) in [6.07, 6.45) is 1.22. The number of halogens is 1. The fourth-order valence-electron chi connectivity index (χ4n) is 2.59. The first-order valence-electron chi connectivity index (χ1n) is 8.22. The molecule has 0 aliphatic carbocycles. The molecule has 0 saturated carbocycles. The van der Waals surface area contributed by atoms with Gasteiger partial charge >= 0.3 is 0 Å². The van der Waals surface area contributed by atoms with Gasteiger partial charge in [0.1, 0.15) is 5.75 Å². The van der Waals surface area contributed by atoms with Gasteiger partial charge in [0.25, 0.3) is 0 Å². The molecule has 8 heteroatoms. The van der Waals surface area contributed by atoms with E-state index in [9.17, 15) is 9.90 Å². The third kappa shape index (κ3) is 4.20. The minimum absolute atomic E-state index is 0.0704. The average molecular weight is 418 g/mol. The van der Waals surface area contributed by atoms with Crippen LogP contribution in [0.4, 0.5) is 5.82 Å². The first kappa shape index (κ1) is 18.3. The Morgan fingerprint density at radius 2 is 2.04 bits per heavy atom. The molecule has 0 fully saturated rings. The van der Waals surface area contributed by atoms with Crippen LogP contribution in [0.1, 0.15) is 12.8 Å². The molecular weight excluding hydrogens is 398 g/mol. The highest BCUT2D eigenvalue weighted by molar-refractivity contribution is 9.10. The van der Waals surface area contributed by atoms with E-state index in [1.807, 2.05) is 25.1 Å². The molecule has 26 heavy (non-hydrogen) atoms. The van der Waals surface area contributed by atoms with Gasteiger partial charge in [-0.3, -0.25) is 9.89 Å². The van der Waals surface area contributed by atoms with Crippen molar-refractivity contribution in [3.63, 3.8) is 0 Å². The van der Waals surface area contributed by atoms with Crippen LogP contribution < -0.4 is 5.32 Å². The first-order valence-corrected chi connectivity index (χ1v) is 9.02. The highest BCUT2D eigenvalue weighted by Crippen LogP contribution is 2.32. The van der Waals surface area contributed by atoms with Crippen LogP contribution in [0, 0.1) is 0 Å². The van der Waals surface area contributed by atoms with E-state index in [0.29, 0.717) is 17.9 Å². The van der Waals surface area contributed by atoms with Crippen LogP contribution >= 0.6 is 15.9 Å². The summed E-state index contributed by atoms with van der Waals surface area (Å²) in [5, 5.41) is 20.0. The molecule has 0 unspecified atom stereocenters. The molecule has 1 aromatic carbocycles. The number of pyridine rings is 1. The number of aromatic nitrogens is 3. The number of carbonyl (C=O) groups is 1. The Morgan fingerprint density at radius 1 is 1.31 bits per heavy atom. The number of benzene rings is 1. The van der Waals surface area contributed by atoms with Gasteiger partial charge in [-0.1, -0.05) is 0 Å². The molecule has 3 rings (SSSR count). The lowest BCUT2D eigenvalue weighted by molar-refractivity contribution is -0.116. The van der Waals surface area contributed by atoms with Crippen molar-refractivity contribution in [2.45, 2.75) is 12.8 Å². The van der Waals surface area contributed by atoms with E-state index < -0.39 is 0 Å². The van der Waals surface area contributed by atoms with Gasteiger partial charge in [-0.05, 0) is 73.3 Å². The van der Waals surface area contributed by atoms with Crippen molar-refractivity contribution >= 4 is 38.7 Å². The van der Waals surface area contributed by atoms with Gasteiger partial charge < -0.3 is 15.3 Å². The molecule has 136 valence electrons. The molecule has 1 amide bonds. The number of aromatic hydroxyl groups is 1. The zero-order chi connectivity index (χ0) is 18.7. The molecule has 0 radical (unpaired) electrons. The Labute approximate surface area is 159 Å². The Balaban J connectivity index is 1.81. The minimum Gasteiger partial charge on any atom is -0.508 e. The molecule has 0 aliphatic rings. The second-order valence-corrected chi connectivity index (χ2v) is 7.14. The first-order chi connectivity index (χ1) is 12.4. The average Bonchev–Trinajstić information content (AvgIpc) is 2.96. The molecule has 2 aromatic heterocycles. The summed E-state index contributed by atoms with van der Waals surface area (Å²) in [7, 11) is 3.96. The van der Waals surface area contributed by atoms with Crippen molar-refractivity contribution in [3.8, 4) is 17.0 Å². The lowest BCUT2D eigenvalue weighted by atomic mass is 10.1. The van der Waals surface area contributed by atoms with Crippen molar-refractivity contribution in [1.29, 1.82) is 0 Å². The van der Waals surface area contributed by atoms with Crippen LogP contribution in [0.5, 0.6) is 5.75 Å². The number of anilines is 1. The smallest absolute Gasteiger partial charge is 0.225 e. The van der Waals surface area contributed by atoms with Crippen molar-refractivity contribution in [2.24, 2.45) is 0 Å². The highest BCUT2D eigenvalue weighted by Gasteiger charge is 2.14. The number of nitrogens with zero attached hydrogens (tertiary/aromatic N) is 3. The van der Waals surface area contributed by atoms with Crippen LogP contribution in [-0.4, -0.2) is 51.7 Å². The maximum atomic E-state index is 12.1. The number of hydrogen-bond donors (Lipinski definition) is 3. The molecule has 0 bridgehead atoms. The lowest BCUT2D eigenvalue weighted by Crippen LogP contribution is -2.17. The Morgan fingerprint density at radius 3 is 2.73 bits per heavy atom. The number of fused-ring (bicyclic) bond motifs is 1. The summed E-state index contributed by atoms with van der Waals surface area (Å²) in [6, 6.07) is 8.68. The fourth-order valence-corrected chi connectivity index (χ4v) is 3.14. The van der Waals surface area contributed by atoms with E-state index >= 15 is 0 Å². The highest BCUT2D eigenvalue weighted by atomic mass is 79.9. The van der Waals surface area contributed by atoms with Crippen LogP contribution in [0.15, 0.2) is 34.8 Å². The lowest BCUT2D eigenvalue weighted by Gasteiger charge is -2.08. The van der Waals surface area contributed by atoms with Crippen molar-refractivity contribution in [2.75, 3.05) is 26.0 Å². The monoisotopic (exact) mass is 417 g/mol. The zero-order valence-corrected chi connectivity index (χ0v) is 16.2. The third-order valence-electron chi connectivity index (χ3n) is 3.91. The molecule has 2 heterocycles. The molecule has 3 N–H and O–H groups in total. The normalized spacial score (nSPS) is 11.2. The number of carbonyl (C=O) groups excluding carboxylic acids is 1. The number of nitrogens with one attached hydrogen (secondary N) is 2. The standard InChI is InChI=1S/C18H20BrN5O2/c1-24(2)9-3-4-15(26)20-17-13-10-14(19)16(21-18(13)23-22-17)11-5-7-12(25)8-6-11/h5-8,10,25H,3-4,9H2,1-2H3,(H2,20,21,22,23,26). The number of H-pyrrole nitrogens is 1. The number of phenols is 1. The predicted octanol–water partition coefficient (Wildman–Crippen LogP) is 3.37. The Bertz CT molecular complexity index is 921. The molecule has 3 aromatic rings. The van der Waals surface area contributed by atoms with E-state index in [0.717, 1.165) is 34.1 Å². The van der Waals surface area contributed by atoms with Gasteiger partial charge in [0.15, 0.2) is 11.5 Å². The van der Waals surface area contributed by atoms with Gasteiger partial charge in [0.05, 0.1) is 11.1 Å². The number of hydrogen-bond acceptors (Lipinski definition) is 5. The topological polar surface area (TPSA) is 94.1 Å². The van der Waals surface area contributed by atoms with Gasteiger partial charge in [0.2, 0.25) is 5.91 Å². The van der Waals surface area contributed by atoms with E-state index in [-0.39, 0.29) is 11.7 Å². The van der Waals surface area contributed by atoms with E-state index in [1.165, 1.54) is 0 Å². The summed E-state index contributed by atoms with van der Waals surface area (Å²) in [5.41, 5.74) is 2.17. The van der Waals surface area contributed by atoms with Crippen molar-refractivity contribution < 1.29 is 9.90 Å². The quantitative estimate of drug-likeness (QED) is 0.571. The van der Waals surface area contributed by atoms with Gasteiger partial charge in [0, 0.05) is 16.5 Å². The SMILES string of the molecule is CN(C)CCCC(=O)Nc1n[nH]c2nc(-c3ccc(O)cc3)c(Br)cc12. The summed E-state index contributed by atoms with van der Waals surface area (Å²) in [4.78, 5) is 18.7. The summed E-state index contributed by atoms with van der Waals surface area (Å²) < 4.78 is 0.778. The van der Waals surface area contributed by atoms with E-state index in [4.69, 9.17) is 0 Å². The number of phenolic OH excluding ortho intramolecular Hbond substituents is 1. The van der Waals surface area contributed by atoms with Gasteiger partial charge in [-0.25, -0.2) is 4.98 Å². The second kappa shape index (κ2) is 7.84. The number of amides is 1. The second-order valence-electron chi connectivity index (χ2n) is 6.29. The minimum atomic E-state index is -0.0704. The Hall–Kier alpha value is -2.45. The van der Waals surface area contributed by atoms with Gasteiger partial charge in [-0.15, -0.1) is 0 Å². The molecule has 0 spiro atoms. The molecule has 0 saturated heterocycles. The fraction of sp³-hybridized carbons (Fsp3) is 0.278. The largest absolute Gasteiger partial charge is 0.508 e. The van der Waals surface area contributed by atoms with Crippen molar-refractivity contribution in [1.82, 2.24) is 20.1 Å². The van der Waals surface area contributed by atoms with Crippen LogP contribution in [0.2, 0.25) is 0 Å². The molecular formula is C18H20BrN5O2. The van der Waals surface area contributed by atoms with Gasteiger partial charge in [-0.2, -0.15) is 5.10 Å². The summed E-state index contributed by atoms with van der Waals surface area (Å²) >= 11 is 3.53.